The molecule has 0 bridgehead atoms. The van der Waals surface area contributed by atoms with Crippen molar-refractivity contribution in [2.24, 2.45) is 0 Å². The Bertz CT molecular complexity index is 768. The molecule has 0 saturated heterocycles. The van der Waals surface area contributed by atoms with Crippen LogP contribution in [-0.2, 0) is 14.3 Å². The number of nitrogens with zero attached hydrogens (tertiary/aromatic N) is 1. The highest BCUT2D eigenvalue weighted by molar-refractivity contribution is 5.92. The van der Waals surface area contributed by atoms with Gasteiger partial charge >= 0.3 is 6.09 Å². The summed E-state index contributed by atoms with van der Waals surface area (Å²) in [6.45, 7) is 16.7. The van der Waals surface area contributed by atoms with Crippen LogP contribution in [0.15, 0.2) is 18.2 Å². The summed E-state index contributed by atoms with van der Waals surface area (Å²) < 4.78 is 5.25. The van der Waals surface area contributed by atoms with Gasteiger partial charge in [0.15, 0.2) is 0 Å². The van der Waals surface area contributed by atoms with E-state index in [1.54, 1.807) is 27.7 Å². The number of rotatable bonds is 7. The molecule has 0 aliphatic rings. The van der Waals surface area contributed by atoms with Crippen molar-refractivity contribution in [1.29, 1.82) is 0 Å². The number of amides is 3. The van der Waals surface area contributed by atoms with Crippen LogP contribution in [0.1, 0.15) is 71.2 Å². The van der Waals surface area contributed by atoms with Crippen molar-refractivity contribution >= 4 is 17.9 Å². The standard InChI is InChI=1S/C23H37N3O4/c1-10-26(21(28)17(6)25-22(29)30-23(7,8)9)19(20(27)24-14(2)3)18-13-11-12-15(4)16(18)5/h11-14,17,19H,10H2,1-9H3,(H,24,27)(H,25,29). The van der Waals surface area contributed by atoms with Gasteiger partial charge in [-0.1, -0.05) is 18.2 Å². The number of carbonyl (C=O) groups is 3. The monoisotopic (exact) mass is 419 g/mol. The summed E-state index contributed by atoms with van der Waals surface area (Å²) in [5.74, 6) is -0.605. The number of hydrogen-bond donors (Lipinski definition) is 2. The molecular formula is C23H37N3O4. The van der Waals surface area contributed by atoms with Gasteiger partial charge in [-0.3, -0.25) is 9.59 Å². The van der Waals surface area contributed by atoms with Gasteiger partial charge in [-0.05, 0) is 79.0 Å². The lowest BCUT2D eigenvalue weighted by atomic mass is 9.95. The van der Waals surface area contributed by atoms with Gasteiger partial charge in [0.1, 0.15) is 17.7 Å². The summed E-state index contributed by atoms with van der Waals surface area (Å²) in [6.07, 6.45) is -0.672. The molecule has 1 rings (SSSR count). The normalized spacial score (nSPS) is 13.4. The maximum atomic E-state index is 13.3. The van der Waals surface area contributed by atoms with E-state index in [4.69, 9.17) is 4.74 Å². The third kappa shape index (κ3) is 7.04. The maximum absolute atomic E-state index is 13.3. The molecule has 2 unspecified atom stereocenters. The highest BCUT2D eigenvalue weighted by Gasteiger charge is 2.34. The smallest absolute Gasteiger partial charge is 0.408 e. The first-order valence-corrected chi connectivity index (χ1v) is 10.4. The molecule has 2 N–H and O–H groups in total. The summed E-state index contributed by atoms with van der Waals surface area (Å²) in [4.78, 5) is 40.0. The van der Waals surface area contributed by atoms with E-state index in [0.717, 1.165) is 16.7 Å². The van der Waals surface area contributed by atoms with E-state index >= 15 is 0 Å². The van der Waals surface area contributed by atoms with Crippen LogP contribution in [0.4, 0.5) is 4.79 Å². The molecule has 0 radical (unpaired) electrons. The molecule has 0 aliphatic heterocycles. The second-order valence-electron chi connectivity index (χ2n) is 8.85. The molecule has 168 valence electrons. The molecule has 0 saturated carbocycles. The van der Waals surface area contributed by atoms with Crippen LogP contribution in [-0.4, -0.2) is 47.0 Å². The van der Waals surface area contributed by atoms with Gasteiger partial charge in [0.05, 0.1) is 0 Å². The van der Waals surface area contributed by atoms with Gasteiger partial charge in [0.25, 0.3) is 0 Å². The predicted molar refractivity (Wildman–Crippen MR) is 118 cm³/mol. The van der Waals surface area contributed by atoms with E-state index in [1.807, 2.05) is 52.8 Å². The Hall–Kier alpha value is -2.57. The number of nitrogens with one attached hydrogen (secondary N) is 2. The Labute approximate surface area is 180 Å². The Balaban J connectivity index is 3.25. The summed E-state index contributed by atoms with van der Waals surface area (Å²) >= 11 is 0. The lowest BCUT2D eigenvalue weighted by Gasteiger charge is -2.34. The van der Waals surface area contributed by atoms with Gasteiger partial charge < -0.3 is 20.3 Å². The number of ether oxygens (including phenoxy) is 1. The third-order valence-electron chi connectivity index (χ3n) is 4.66. The Kier molecular flexibility index (Phi) is 8.88. The Morgan fingerprint density at radius 3 is 2.17 bits per heavy atom. The average Bonchev–Trinajstić information content (AvgIpc) is 2.59. The van der Waals surface area contributed by atoms with E-state index in [1.165, 1.54) is 4.90 Å². The zero-order chi connectivity index (χ0) is 23.2. The zero-order valence-corrected chi connectivity index (χ0v) is 19.8. The quantitative estimate of drug-likeness (QED) is 0.706. The topological polar surface area (TPSA) is 87.7 Å². The minimum Gasteiger partial charge on any atom is -0.444 e. The number of alkyl carbamates (subject to hydrolysis) is 1. The van der Waals surface area contributed by atoms with Gasteiger partial charge in [0, 0.05) is 12.6 Å². The summed E-state index contributed by atoms with van der Waals surface area (Å²) in [6, 6.07) is 4.01. The van der Waals surface area contributed by atoms with Gasteiger partial charge in [-0.15, -0.1) is 0 Å². The van der Waals surface area contributed by atoms with Crippen molar-refractivity contribution in [1.82, 2.24) is 15.5 Å². The van der Waals surface area contributed by atoms with E-state index in [2.05, 4.69) is 10.6 Å². The fraction of sp³-hybridized carbons (Fsp3) is 0.609. The van der Waals surface area contributed by atoms with Crippen molar-refractivity contribution in [2.75, 3.05) is 6.54 Å². The Morgan fingerprint density at radius 1 is 1.07 bits per heavy atom. The number of likely N-dealkylation sites (N-methyl/N-ethyl adjacent to an activating group) is 1. The molecular weight excluding hydrogens is 382 g/mol. The van der Waals surface area contributed by atoms with E-state index in [0.29, 0.717) is 6.54 Å². The number of carbonyl (C=O) groups excluding carboxylic acids is 3. The maximum Gasteiger partial charge on any atom is 0.408 e. The molecule has 0 spiro atoms. The van der Waals surface area contributed by atoms with Crippen LogP contribution in [0.2, 0.25) is 0 Å². The fourth-order valence-corrected chi connectivity index (χ4v) is 3.14. The van der Waals surface area contributed by atoms with Crippen molar-refractivity contribution < 1.29 is 19.1 Å². The van der Waals surface area contributed by atoms with E-state index < -0.39 is 23.8 Å². The zero-order valence-electron chi connectivity index (χ0n) is 19.8. The SMILES string of the molecule is CCN(C(=O)C(C)NC(=O)OC(C)(C)C)C(C(=O)NC(C)C)c1cccc(C)c1C. The molecule has 0 aromatic heterocycles. The van der Waals surface area contributed by atoms with Crippen molar-refractivity contribution in [2.45, 2.75) is 86.0 Å². The minimum absolute atomic E-state index is 0.0729. The number of benzene rings is 1. The number of hydrogen-bond acceptors (Lipinski definition) is 4. The van der Waals surface area contributed by atoms with Gasteiger partial charge in [0.2, 0.25) is 11.8 Å². The van der Waals surface area contributed by atoms with E-state index in [9.17, 15) is 14.4 Å². The van der Waals surface area contributed by atoms with Crippen LogP contribution >= 0.6 is 0 Å². The molecule has 0 heterocycles. The van der Waals surface area contributed by atoms with Gasteiger partial charge in [-0.2, -0.15) is 0 Å². The van der Waals surface area contributed by atoms with Gasteiger partial charge in [-0.25, -0.2) is 4.79 Å². The van der Waals surface area contributed by atoms with Crippen LogP contribution in [0.3, 0.4) is 0 Å². The first kappa shape index (κ1) is 25.5. The third-order valence-corrected chi connectivity index (χ3v) is 4.66. The molecule has 1 aromatic rings. The molecule has 30 heavy (non-hydrogen) atoms. The minimum atomic E-state index is -0.848. The first-order chi connectivity index (χ1) is 13.8. The Morgan fingerprint density at radius 2 is 1.67 bits per heavy atom. The fourth-order valence-electron chi connectivity index (χ4n) is 3.14. The molecule has 7 heteroatoms. The summed E-state index contributed by atoms with van der Waals surface area (Å²) in [5.41, 5.74) is 2.10. The second kappa shape index (κ2) is 10.5. The molecule has 2 atom stereocenters. The highest BCUT2D eigenvalue weighted by Crippen LogP contribution is 2.27. The van der Waals surface area contributed by atoms with Crippen molar-refractivity contribution in [3.05, 3.63) is 34.9 Å². The van der Waals surface area contributed by atoms with E-state index in [-0.39, 0.29) is 17.9 Å². The summed E-state index contributed by atoms with van der Waals surface area (Å²) in [7, 11) is 0. The highest BCUT2D eigenvalue weighted by atomic mass is 16.6. The average molecular weight is 420 g/mol. The molecule has 0 aliphatic carbocycles. The van der Waals surface area contributed by atoms with Crippen LogP contribution in [0, 0.1) is 13.8 Å². The molecule has 7 nitrogen and oxygen atoms in total. The van der Waals surface area contributed by atoms with Crippen molar-refractivity contribution in [3.8, 4) is 0 Å². The predicted octanol–water partition coefficient (Wildman–Crippen LogP) is 3.63. The van der Waals surface area contributed by atoms with Crippen LogP contribution in [0.25, 0.3) is 0 Å². The van der Waals surface area contributed by atoms with Crippen LogP contribution < -0.4 is 10.6 Å². The molecule has 0 fully saturated rings. The lowest BCUT2D eigenvalue weighted by Crippen LogP contribution is -2.52. The first-order valence-electron chi connectivity index (χ1n) is 10.4. The van der Waals surface area contributed by atoms with Crippen molar-refractivity contribution in [3.63, 3.8) is 0 Å². The molecule has 3 amide bonds. The van der Waals surface area contributed by atoms with Crippen LogP contribution in [0.5, 0.6) is 0 Å². The second-order valence-corrected chi connectivity index (χ2v) is 8.85. The summed E-state index contributed by atoms with van der Waals surface area (Å²) in [5, 5.41) is 5.50. The number of aryl methyl sites for hydroxylation is 1. The largest absolute Gasteiger partial charge is 0.444 e. The lowest BCUT2D eigenvalue weighted by molar-refractivity contribution is -0.142. The molecule has 1 aromatic carbocycles.